The first-order valence-electron chi connectivity index (χ1n) is 6.80. The molecule has 2 amide bonds. The number of piperidine rings is 1. The number of carbonyl (C=O) groups is 2. The Labute approximate surface area is 117 Å². The van der Waals surface area contributed by atoms with E-state index < -0.39 is 0 Å². The van der Waals surface area contributed by atoms with Crippen molar-refractivity contribution in [3.05, 3.63) is 30.7 Å². The third-order valence-electron chi connectivity index (χ3n) is 4.12. The molecule has 20 heavy (non-hydrogen) atoms. The fraction of sp³-hybridized carbons (Fsp3) is 0.500. The van der Waals surface area contributed by atoms with Gasteiger partial charge in [-0.1, -0.05) is 11.2 Å². The summed E-state index contributed by atoms with van der Waals surface area (Å²) in [5.41, 5.74) is 0. The lowest BCUT2D eigenvalue weighted by Gasteiger charge is -2.32. The van der Waals surface area contributed by atoms with Gasteiger partial charge in [0.1, 0.15) is 0 Å². The zero-order chi connectivity index (χ0) is 14.1. The van der Waals surface area contributed by atoms with Crippen LogP contribution in [0, 0.1) is 11.8 Å². The lowest BCUT2D eigenvalue weighted by molar-refractivity contribution is -0.138. The van der Waals surface area contributed by atoms with Gasteiger partial charge >= 0.3 is 0 Å². The molecule has 2 saturated heterocycles. The molecular formula is C14H17N3O3. The second-order valence-electron chi connectivity index (χ2n) is 5.31. The van der Waals surface area contributed by atoms with E-state index in [-0.39, 0.29) is 29.4 Å². The second kappa shape index (κ2) is 5.11. The molecular weight excluding hydrogens is 258 g/mol. The predicted molar refractivity (Wildman–Crippen MR) is 70.8 cm³/mol. The van der Waals surface area contributed by atoms with Gasteiger partial charge in [-0.25, -0.2) is 0 Å². The molecule has 6 heteroatoms. The number of fused-ring (bicyclic) bond motifs is 1. The summed E-state index contributed by atoms with van der Waals surface area (Å²) in [6.07, 6.45) is 4.13. The highest BCUT2D eigenvalue weighted by atomic mass is 16.5. The van der Waals surface area contributed by atoms with Crippen molar-refractivity contribution in [3.8, 4) is 0 Å². The van der Waals surface area contributed by atoms with Crippen LogP contribution in [0.2, 0.25) is 0 Å². The van der Waals surface area contributed by atoms with Crippen LogP contribution in [0.3, 0.4) is 0 Å². The van der Waals surface area contributed by atoms with E-state index in [0.29, 0.717) is 19.6 Å². The minimum atomic E-state index is -0.181. The first-order chi connectivity index (χ1) is 9.70. The molecule has 3 heterocycles. The van der Waals surface area contributed by atoms with Gasteiger partial charge in [0.15, 0.2) is 0 Å². The van der Waals surface area contributed by atoms with Gasteiger partial charge in [0.25, 0.3) is 5.91 Å². The Morgan fingerprint density at radius 1 is 1.55 bits per heavy atom. The van der Waals surface area contributed by atoms with Crippen LogP contribution < -0.4 is 0 Å². The standard InChI is InChI=1S/C14H17N3O3/c1-2-6-16-7-4-10-8-17(9-11(10)13(16)18)14(19)12-3-5-15-20-12/h2-3,5,10-11H,1,4,6-9H2/t10-,11-/m1/s1. The van der Waals surface area contributed by atoms with Crippen LogP contribution in [0.5, 0.6) is 0 Å². The number of aromatic nitrogens is 1. The summed E-state index contributed by atoms with van der Waals surface area (Å²) in [5, 5.41) is 3.55. The summed E-state index contributed by atoms with van der Waals surface area (Å²) >= 11 is 0. The zero-order valence-corrected chi connectivity index (χ0v) is 11.2. The van der Waals surface area contributed by atoms with Crippen LogP contribution in [0.1, 0.15) is 17.0 Å². The van der Waals surface area contributed by atoms with Gasteiger partial charge in [0.05, 0.1) is 12.1 Å². The number of carbonyl (C=O) groups excluding carboxylic acids is 2. The molecule has 3 rings (SSSR count). The quantitative estimate of drug-likeness (QED) is 0.765. The maximum absolute atomic E-state index is 12.4. The molecule has 2 atom stereocenters. The van der Waals surface area contributed by atoms with Gasteiger partial charge in [0, 0.05) is 32.2 Å². The van der Waals surface area contributed by atoms with E-state index >= 15 is 0 Å². The topological polar surface area (TPSA) is 66.7 Å². The van der Waals surface area contributed by atoms with Crippen molar-refractivity contribution in [3.63, 3.8) is 0 Å². The molecule has 1 aromatic heterocycles. The molecule has 106 valence electrons. The third kappa shape index (κ3) is 2.11. The molecule has 0 aliphatic carbocycles. The Balaban J connectivity index is 1.71. The molecule has 0 saturated carbocycles. The maximum Gasteiger partial charge on any atom is 0.292 e. The van der Waals surface area contributed by atoms with E-state index in [2.05, 4.69) is 11.7 Å². The van der Waals surface area contributed by atoms with Gasteiger partial charge in [-0.3, -0.25) is 9.59 Å². The predicted octanol–water partition coefficient (Wildman–Crippen LogP) is 0.781. The van der Waals surface area contributed by atoms with Gasteiger partial charge in [0.2, 0.25) is 11.7 Å². The average molecular weight is 275 g/mol. The second-order valence-corrected chi connectivity index (χ2v) is 5.31. The highest BCUT2D eigenvalue weighted by molar-refractivity contribution is 5.92. The van der Waals surface area contributed by atoms with Crippen LogP contribution in [-0.2, 0) is 4.79 Å². The van der Waals surface area contributed by atoms with E-state index in [4.69, 9.17) is 4.52 Å². The monoisotopic (exact) mass is 275 g/mol. The molecule has 0 aromatic carbocycles. The van der Waals surface area contributed by atoms with Crippen LogP contribution in [0.25, 0.3) is 0 Å². The average Bonchev–Trinajstić information content (AvgIpc) is 3.10. The molecule has 2 aliphatic heterocycles. The number of amides is 2. The maximum atomic E-state index is 12.4. The summed E-state index contributed by atoms with van der Waals surface area (Å²) in [6.45, 7) is 6.09. The van der Waals surface area contributed by atoms with Crippen molar-refractivity contribution in [1.82, 2.24) is 15.0 Å². The Morgan fingerprint density at radius 3 is 3.10 bits per heavy atom. The number of rotatable bonds is 3. The van der Waals surface area contributed by atoms with Gasteiger partial charge in [-0.05, 0) is 12.3 Å². The number of likely N-dealkylation sites (tertiary alicyclic amines) is 2. The lowest BCUT2D eigenvalue weighted by Crippen LogP contribution is -2.45. The van der Waals surface area contributed by atoms with Crippen molar-refractivity contribution in [2.75, 3.05) is 26.2 Å². The van der Waals surface area contributed by atoms with Gasteiger partial charge in [-0.2, -0.15) is 0 Å². The Kier molecular flexibility index (Phi) is 3.30. The minimum absolute atomic E-state index is 0.0874. The largest absolute Gasteiger partial charge is 0.351 e. The van der Waals surface area contributed by atoms with Crippen LogP contribution in [0.4, 0.5) is 0 Å². The smallest absolute Gasteiger partial charge is 0.292 e. The first-order valence-corrected chi connectivity index (χ1v) is 6.80. The number of nitrogens with zero attached hydrogens (tertiary/aromatic N) is 3. The Hall–Kier alpha value is -2.11. The van der Waals surface area contributed by atoms with Gasteiger partial charge in [-0.15, -0.1) is 6.58 Å². The zero-order valence-electron chi connectivity index (χ0n) is 11.2. The molecule has 2 fully saturated rings. The molecule has 6 nitrogen and oxygen atoms in total. The lowest BCUT2D eigenvalue weighted by atomic mass is 9.88. The van der Waals surface area contributed by atoms with Crippen molar-refractivity contribution < 1.29 is 14.1 Å². The van der Waals surface area contributed by atoms with E-state index in [0.717, 1.165) is 13.0 Å². The van der Waals surface area contributed by atoms with Crippen molar-refractivity contribution in [1.29, 1.82) is 0 Å². The van der Waals surface area contributed by atoms with E-state index in [1.54, 1.807) is 17.0 Å². The van der Waals surface area contributed by atoms with Crippen molar-refractivity contribution in [2.45, 2.75) is 6.42 Å². The fourth-order valence-corrected chi connectivity index (χ4v) is 3.09. The summed E-state index contributed by atoms with van der Waals surface area (Å²) in [4.78, 5) is 28.1. The first kappa shape index (κ1) is 12.9. The van der Waals surface area contributed by atoms with Crippen LogP contribution >= 0.6 is 0 Å². The van der Waals surface area contributed by atoms with Crippen molar-refractivity contribution >= 4 is 11.8 Å². The van der Waals surface area contributed by atoms with Crippen molar-refractivity contribution in [2.24, 2.45) is 11.8 Å². The summed E-state index contributed by atoms with van der Waals surface area (Å²) in [5.74, 6) is 0.360. The van der Waals surface area contributed by atoms with Crippen LogP contribution in [0.15, 0.2) is 29.4 Å². The molecule has 0 N–H and O–H groups in total. The highest BCUT2D eigenvalue weighted by Gasteiger charge is 2.44. The molecule has 0 unspecified atom stereocenters. The minimum Gasteiger partial charge on any atom is -0.351 e. The normalized spacial score (nSPS) is 25.7. The Morgan fingerprint density at radius 2 is 2.40 bits per heavy atom. The summed E-state index contributed by atoms with van der Waals surface area (Å²) in [6, 6.07) is 1.55. The molecule has 0 spiro atoms. The number of hydrogen-bond acceptors (Lipinski definition) is 4. The summed E-state index contributed by atoms with van der Waals surface area (Å²) < 4.78 is 4.90. The summed E-state index contributed by atoms with van der Waals surface area (Å²) in [7, 11) is 0. The van der Waals surface area contributed by atoms with E-state index in [9.17, 15) is 9.59 Å². The molecule has 0 radical (unpaired) electrons. The van der Waals surface area contributed by atoms with E-state index in [1.165, 1.54) is 6.20 Å². The SMILES string of the molecule is C=CCN1CC[C@@H]2CN(C(=O)c3ccno3)C[C@H]2C1=O. The highest BCUT2D eigenvalue weighted by Crippen LogP contribution is 2.32. The number of hydrogen-bond donors (Lipinski definition) is 0. The van der Waals surface area contributed by atoms with Gasteiger partial charge < -0.3 is 14.3 Å². The van der Waals surface area contributed by atoms with Crippen LogP contribution in [-0.4, -0.2) is 52.9 Å². The molecule has 0 bridgehead atoms. The molecule has 2 aliphatic rings. The molecule has 1 aromatic rings. The fourth-order valence-electron chi connectivity index (χ4n) is 3.09. The Bertz CT molecular complexity index is 526. The van der Waals surface area contributed by atoms with E-state index in [1.807, 2.05) is 4.90 Å². The third-order valence-corrected chi connectivity index (χ3v) is 4.12.